The fourth-order valence-electron chi connectivity index (χ4n) is 2.25. The van der Waals surface area contributed by atoms with Crippen molar-refractivity contribution < 1.29 is 18.4 Å². The molecule has 27 heavy (non-hydrogen) atoms. The van der Waals surface area contributed by atoms with Crippen molar-refractivity contribution in [3.05, 3.63) is 65.8 Å². The summed E-state index contributed by atoms with van der Waals surface area (Å²) in [5.74, 6) is 0.285. The van der Waals surface area contributed by atoms with Gasteiger partial charge in [0.15, 0.2) is 6.61 Å². The number of amides is 1. The van der Waals surface area contributed by atoms with Crippen molar-refractivity contribution >= 4 is 5.91 Å². The summed E-state index contributed by atoms with van der Waals surface area (Å²) >= 11 is 0. The van der Waals surface area contributed by atoms with Crippen LogP contribution in [0.15, 0.2) is 53.1 Å². The van der Waals surface area contributed by atoms with Crippen LogP contribution in [-0.2, 0) is 4.79 Å². The number of nitriles is 1. The van der Waals surface area contributed by atoms with Gasteiger partial charge in [0.1, 0.15) is 17.6 Å². The molecular weight excluding hydrogens is 351 g/mol. The Kier molecular flexibility index (Phi) is 5.42. The van der Waals surface area contributed by atoms with Crippen molar-refractivity contribution in [2.45, 2.75) is 13.0 Å². The molecule has 0 aliphatic heterocycles. The van der Waals surface area contributed by atoms with Crippen LogP contribution >= 0.6 is 0 Å². The number of aromatic nitrogens is 2. The second kappa shape index (κ2) is 8.10. The van der Waals surface area contributed by atoms with Crippen LogP contribution in [0.4, 0.5) is 4.39 Å². The molecule has 1 heterocycles. The Morgan fingerprint density at radius 2 is 1.96 bits per heavy atom. The van der Waals surface area contributed by atoms with Gasteiger partial charge in [-0.1, -0.05) is 5.16 Å². The van der Waals surface area contributed by atoms with Crippen LogP contribution in [0.1, 0.15) is 24.4 Å². The van der Waals surface area contributed by atoms with E-state index in [1.807, 2.05) is 6.07 Å². The molecule has 8 heteroatoms. The zero-order valence-corrected chi connectivity index (χ0v) is 14.3. The Morgan fingerprint density at radius 1 is 1.26 bits per heavy atom. The van der Waals surface area contributed by atoms with Crippen LogP contribution in [0.2, 0.25) is 0 Å². The summed E-state index contributed by atoms with van der Waals surface area (Å²) in [6.07, 6.45) is 0. The van der Waals surface area contributed by atoms with Crippen LogP contribution in [0.3, 0.4) is 0 Å². The van der Waals surface area contributed by atoms with Gasteiger partial charge in [-0.15, -0.1) is 0 Å². The van der Waals surface area contributed by atoms with E-state index in [9.17, 15) is 9.18 Å². The van der Waals surface area contributed by atoms with Crippen molar-refractivity contribution in [2.24, 2.45) is 0 Å². The first-order valence-electron chi connectivity index (χ1n) is 8.07. The molecule has 0 bridgehead atoms. The van der Waals surface area contributed by atoms with Crippen molar-refractivity contribution in [2.75, 3.05) is 6.61 Å². The van der Waals surface area contributed by atoms with E-state index in [1.54, 1.807) is 43.3 Å². The summed E-state index contributed by atoms with van der Waals surface area (Å²) < 4.78 is 23.5. The van der Waals surface area contributed by atoms with E-state index in [0.717, 1.165) is 0 Å². The smallest absolute Gasteiger partial charge is 0.258 e. The van der Waals surface area contributed by atoms with Gasteiger partial charge in [0.05, 0.1) is 11.6 Å². The first-order chi connectivity index (χ1) is 13.0. The highest BCUT2D eigenvalue weighted by atomic mass is 19.1. The number of rotatable bonds is 6. The van der Waals surface area contributed by atoms with E-state index in [-0.39, 0.29) is 24.2 Å². The molecule has 3 rings (SSSR count). The minimum atomic E-state index is -0.524. The van der Waals surface area contributed by atoms with E-state index in [1.165, 1.54) is 12.1 Å². The maximum Gasteiger partial charge on any atom is 0.258 e. The number of benzene rings is 2. The molecule has 1 N–H and O–H groups in total. The molecule has 1 aromatic heterocycles. The second-order valence-electron chi connectivity index (χ2n) is 5.68. The first kappa shape index (κ1) is 18.1. The standard InChI is InChI=1S/C19H15FN4O3/c1-12(19-23-18(24-27-19)14-4-6-15(20)7-5-14)22-17(25)11-26-16-8-2-13(10-21)3-9-16/h2-9,12H,11H2,1H3,(H,22,25). The predicted octanol–water partition coefficient (Wildman–Crippen LogP) is 3.00. The van der Waals surface area contributed by atoms with E-state index in [0.29, 0.717) is 22.7 Å². The zero-order valence-electron chi connectivity index (χ0n) is 14.3. The van der Waals surface area contributed by atoms with Gasteiger partial charge < -0.3 is 14.6 Å². The lowest BCUT2D eigenvalue weighted by Crippen LogP contribution is -2.31. The molecule has 0 fully saturated rings. The van der Waals surface area contributed by atoms with E-state index in [2.05, 4.69) is 15.5 Å². The molecule has 0 aliphatic carbocycles. The van der Waals surface area contributed by atoms with Gasteiger partial charge >= 0.3 is 0 Å². The normalized spacial score (nSPS) is 11.4. The molecule has 1 unspecified atom stereocenters. The Bertz CT molecular complexity index is 962. The lowest BCUT2D eigenvalue weighted by molar-refractivity contribution is -0.123. The maximum absolute atomic E-state index is 13.0. The molecule has 0 radical (unpaired) electrons. The minimum Gasteiger partial charge on any atom is -0.484 e. The third kappa shape index (κ3) is 4.67. The Hall–Kier alpha value is -3.73. The molecule has 0 saturated carbocycles. The molecule has 136 valence electrons. The minimum absolute atomic E-state index is 0.199. The second-order valence-corrected chi connectivity index (χ2v) is 5.68. The lowest BCUT2D eigenvalue weighted by atomic mass is 10.2. The number of halogens is 1. The highest BCUT2D eigenvalue weighted by molar-refractivity contribution is 5.77. The highest BCUT2D eigenvalue weighted by Crippen LogP contribution is 2.19. The molecule has 0 aliphatic rings. The largest absolute Gasteiger partial charge is 0.484 e. The number of hydrogen-bond donors (Lipinski definition) is 1. The Morgan fingerprint density at radius 3 is 2.63 bits per heavy atom. The molecule has 1 amide bonds. The predicted molar refractivity (Wildman–Crippen MR) is 92.9 cm³/mol. The third-order valence-corrected chi connectivity index (χ3v) is 3.65. The zero-order chi connectivity index (χ0) is 19.2. The van der Waals surface area contributed by atoms with Crippen LogP contribution in [0.25, 0.3) is 11.4 Å². The molecule has 1 atom stereocenters. The number of carbonyl (C=O) groups excluding carboxylic acids is 1. The van der Waals surface area contributed by atoms with Crippen molar-refractivity contribution in [1.82, 2.24) is 15.5 Å². The summed E-state index contributed by atoms with van der Waals surface area (Å²) in [7, 11) is 0. The fourth-order valence-corrected chi connectivity index (χ4v) is 2.25. The van der Waals surface area contributed by atoms with E-state index in [4.69, 9.17) is 14.5 Å². The van der Waals surface area contributed by atoms with Gasteiger partial charge in [-0.3, -0.25) is 4.79 Å². The monoisotopic (exact) mass is 366 g/mol. The summed E-state index contributed by atoms with van der Waals surface area (Å²) in [5, 5.41) is 15.3. The van der Waals surface area contributed by atoms with Gasteiger partial charge in [0.25, 0.3) is 5.91 Å². The van der Waals surface area contributed by atoms with Gasteiger partial charge in [0.2, 0.25) is 11.7 Å². The van der Waals surface area contributed by atoms with Gasteiger partial charge in [-0.05, 0) is 55.5 Å². The average molecular weight is 366 g/mol. The SMILES string of the molecule is CC(NC(=O)COc1ccc(C#N)cc1)c1nc(-c2ccc(F)cc2)no1. The van der Waals surface area contributed by atoms with Gasteiger partial charge in [-0.2, -0.15) is 10.2 Å². The maximum atomic E-state index is 13.0. The van der Waals surface area contributed by atoms with Gasteiger partial charge in [-0.25, -0.2) is 4.39 Å². The number of carbonyl (C=O) groups is 1. The van der Waals surface area contributed by atoms with Crippen LogP contribution in [0, 0.1) is 17.1 Å². The molecule has 3 aromatic rings. The fraction of sp³-hybridized carbons (Fsp3) is 0.158. The van der Waals surface area contributed by atoms with Crippen molar-refractivity contribution in [1.29, 1.82) is 5.26 Å². The summed E-state index contributed by atoms with van der Waals surface area (Å²) in [4.78, 5) is 16.2. The number of ether oxygens (including phenoxy) is 1. The third-order valence-electron chi connectivity index (χ3n) is 3.65. The van der Waals surface area contributed by atoms with E-state index >= 15 is 0 Å². The Balaban J connectivity index is 1.55. The van der Waals surface area contributed by atoms with Crippen LogP contribution in [-0.4, -0.2) is 22.7 Å². The topological polar surface area (TPSA) is 101 Å². The lowest BCUT2D eigenvalue weighted by Gasteiger charge is -2.10. The Labute approximate surface area is 154 Å². The molecule has 2 aromatic carbocycles. The van der Waals surface area contributed by atoms with Crippen molar-refractivity contribution in [3.63, 3.8) is 0 Å². The average Bonchev–Trinajstić information content (AvgIpc) is 3.18. The molecular formula is C19H15FN4O3. The molecule has 7 nitrogen and oxygen atoms in total. The van der Waals surface area contributed by atoms with Gasteiger partial charge in [0, 0.05) is 5.56 Å². The molecule has 0 spiro atoms. The van der Waals surface area contributed by atoms with Crippen molar-refractivity contribution in [3.8, 4) is 23.2 Å². The number of hydrogen-bond acceptors (Lipinski definition) is 6. The quantitative estimate of drug-likeness (QED) is 0.720. The van der Waals surface area contributed by atoms with Crippen LogP contribution < -0.4 is 10.1 Å². The number of nitrogens with one attached hydrogen (secondary N) is 1. The summed E-state index contributed by atoms with van der Waals surface area (Å²) in [6.45, 7) is 1.50. The van der Waals surface area contributed by atoms with E-state index < -0.39 is 6.04 Å². The highest BCUT2D eigenvalue weighted by Gasteiger charge is 2.17. The first-order valence-corrected chi connectivity index (χ1v) is 8.07. The summed E-state index contributed by atoms with van der Waals surface area (Å²) in [6, 6.07) is 13.6. The van der Waals surface area contributed by atoms with Crippen LogP contribution in [0.5, 0.6) is 5.75 Å². The summed E-state index contributed by atoms with van der Waals surface area (Å²) in [5.41, 5.74) is 1.11. The number of nitrogens with zero attached hydrogens (tertiary/aromatic N) is 3. The molecule has 0 saturated heterocycles.